The molecule has 3 rings (SSSR count). The number of nitrogens with zero attached hydrogens (tertiary/aromatic N) is 1. The largest absolute Gasteiger partial charge is 0.508 e. The first-order chi connectivity index (χ1) is 25.0. The molecule has 0 saturated heterocycles. The van der Waals surface area contributed by atoms with Crippen LogP contribution >= 0.6 is 0 Å². The normalized spacial score (nSPS) is 13.3. The first-order valence-corrected chi connectivity index (χ1v) is 18.0. The van der Waals surface area contributed by atoms with Gasteiger partial charge in [-0.1, -0.05) is 75.1 Å². The van der Waals surface area contributed by atoms with Crippen LogP contribution in [0.2, 0.25) is 0 Å². The molecule has 0 saturated carbocycles. The van der Waals surface area contributed by atoms with Gasteiger partial charge in [0.25, 0.3) is 0 Å². The first-order valence-electron chi connectivity index (χ1n) is 18.0. The number of phenolic OH excluding ortho intramolecular Hbond substituents is 1. The molecule has 4 amide bonds. The number of nitrogens with one attached hydrogen (secondary N) is 5. The molecule has 0 spiro atoms. The molecule has 2 aromatic carbocycles. The van der Waals surface area contributed by atoms with E-state index in [-0.39, 0.29) is 37.3 Å². The van der Waals surface area contributed by atoms with Gasteiger partial charge in [-0.3, -0.25) is 19.2 Å². The summed E-state index contributed by atoms with van der Waals surface area (Å²) in [6.07, 6.45) is 10.1. The third-order valence-electron chi connectivity index (χ3n) is 8.61. The summed E-state index contributed by atoms with van der Waals surface area (Å²) >= 11 is 0. The number of phenols is 1. The molecule has 9 N–H and O–H groups in total. The molecule has 0 aliphatic rings. The number of aliphatic carboxylic acids is 1. The third kappa shape index (κ3) is 15.3. The van der Waals surface area contributed by atoms with E-state index in [4.69, 9.17) is 5.73 Å². The number of benzene rings is 2. The van der Waals surface area contributed by atoms with Crippen molar-refractivity contribution < 1.29 is 34.2 Å². The van der Waals surface area contributed by atoms with Crippen molar-refractivity contribution in [1.82, 2.24) is 31.2 Å². The second-order valence-corrected chi connectivity index (χ2v) is 13.0. The van der Waals surface area contributed by atoms with Crippen LogP contribution in [0.15, 0.2) is 67.1 Å². The lowest BCUT2D eigenvalue weighted by Gasteiger charge is -2.25. The van der Waals surface area contributed by atoms with Crippen LogP contribution in [0.4, 0.5) is 0 Å². The van der Waals surface area contributed by atoms with Crippen molar-refractivity contribution in [2.45, 2.75) is 108 Å². The molecular formula is C38H53N7O7. The Morgan fingerprint density at radius 3 is 2.06 bits per heavy atom. The summed E-state index contributed by atoms with van der Waals surface area (Å²) in [5, 5.41) is 30.5. The first kappa shape index (κ1) is 41.2. The molecule has 0 bridgehead atoms. The Hall–Kier alpha value is -5.24. The van der Waals surface area contributed by atoms with Gasteiger partial charge in [0.05, 0.1) is 18.1 Å². The lowest BCUT2D eigenvalue weighted by atomic mass is 10.0. The molecule has 0 aliphatic heterocycles. The minimum absolute atomic E-state index is 0.0203. The number of rotatable bonds is 24. The van der Waals surface area contributed by atoms with E-state index in [0.717, 1.165) is 37.7 Å². The van der Waals surface area contributed by atoms with Gasteiger partial charge in [-0.05, 0) is 48.9 Å². The van der Waals surface area contributed by atoms with Crippen molar-refractivity contribution in [3.05, 3.63) is 83.9 Å². The van der Waals surface area contributed by atoms with Gasteiger partial charge in [0.2, 0.25) is 23.6 Å². The monoisotopic (exact) mass is 719 g/mol. The predicted molar refractivity (Wildman–Crippen MR) is 196 cm³/mol. The zero-order chi connectivity index (χ0) is 37.7. The van der Waals surface area contributed by atoms with E-state index in [1.165, 1.54) is 18.5 Å². The molecule has 14 nitrogen and oxygen atoms in total. The topological polar surface area (TPSA) is 229 Å². The summed E-state index contributed by atoms with van der Waals surface area (Å²) in [5.74, 6) is -3.22. The highest BCUT2D eigenvalue weighted by Gasteiger charge is 2.31. The maximum absolute atomic E-state index is 13.9. The van der Waals surface area contributed by atoms with Crippen LogP contribution < -0.4 is 27.0 Å². The maximum Gasteiger partial charge on any atom is 0.326 e. The van der Waals surface area contributed by atoms with E-state index in [1.54, 1.807) is 42.6 Å². The number of imidazole rings is 1. The van der Waals surface area contributed by atoms with E-state index in [1.807, 2.05) is 6.07 Å². The Morgan fingerprint density at radius 1 is 0.750 bits per heavy atom. The number of aromatic hydroxyl groups is 1. The van der Waals surface area contributed by atoms with Crippen LogP contribution in [0, 0.1) is 0 Å². The molecule has 1 heterocycles. The fraction of sp³-hybridized carbons (Fsp3) is 0.474. The van der Waals surface area contributed by atoms with Gasteiger partial charge in [0, 0.05) is 38.4 Å². The number of hydrogen-bond donors (Lipinski definition) is 8. The number of carbonyl (C=O) groups excluding carboxylic acids is 4. The van der Waals surface area contributed by atoms with Crippen molar-refractivity contribution in [3.63, 3.8) is 0 Å². The molecule has 0 unspecified atom stereocenters. The van der Waals surface area contributed by atoms with Crippen LogP contribution in [-0.2, 0) is 43.2 Å². The number of carbonyl (C=O) groups is 5. The number of carboxylic acids is 1. The van der Waals surface area contributed by atoms with E-state index in [9.17, 15) is 34.2 Å². The number of aromatic amines is 1. The SMILES string of the molecule is CCCCCCCC(=O)NCCCC[C@H](NC(=O)[C@@H](N)Cc1c[nH]cn1)C(=O)N[C@@H](Cc1ccccc1)C(=O)N[C@@H](Cc1ccc(O)cc1)C(=O)O. The van der Waals surface area contributed by atoms with E-state index in [0.29, 0.717) is 37.1 Å². The van der Waals surface area contributed by atoms with Gasteiger partial charge in [-0.15, -0.1) is 0 Å². The van der Waals surface area contributed by atoms with Gasteiger partial charge in [0.1, 0.15) is 23.9 Å². The number of aromatic nitrogens is 2. The number of amides is 4. The lowest BCUT2D eigenvalue weighted by Crippen LogP contribution is -2.58. The fourth-order valence-electron chi connectivity index (χ4n) is 5.62. The number of nitrogens with two attached hydrogens (primary N) is 1. The van der Waals surface area contributed by atoms with Crippen LogP contribution in [0.5, 0.6) is 5.75 Å². The predicted octanol–water partition coefficient (Wildman–Crippen LogP) is 2.66. The van der Waals surface area contributed by atoms with Gasteiger partial charge in [0.15, 0.2) is 0 Å². The quantitative estimate of drug-likeness (QED) is 0.0636. The van der Waals surface area contributed by atoms with Gasteiger partial charge >= 0.3 is 5.97 Å². The molecule has 3 aromatic rings. The smallest absolute Gasteiger partial charge is 0.326 e. The van der Waals surface area contributed by atoms with Gasteiger partial charge in [-0.2, -0.15) is 0 Å². The minimum Gasteiger partial charge on any atom is -0.508 e. The zero-order valence-electron chi connectivity index (χ0n) is 29.8. The summed E-state index contributed by atoms with van der Waals surface area (Å²) in [6, 6.07) is 10.3. The molecule has 52 heavy (non-hydrogen) atoms. The molecule has 0 aliphatic carbocycles. The van der Waals surface area contributed by atoms with E-state index in [2.05, 4.69) is 38.2 Å². The fourth-order valence-corrected chi connectivity index (χ4v) is 5.62. The number of H-pyrrole nitrogens is 1. The van der Waals surface area contributed by atoms with Crippen LogP contribution in [-0.4, -0.2) is 80.5 Å². The zero-order valence-corrected chi connectivity index (χ0v) is 29.8. The van der Waals surface area contributed by atoms with Crippen LogP contribution in [0.25, 0.3) is 0 Å². The Labute approximate surface area is 304 Å². The summed E-state index contributed by atoms with van der Waals surface area (Å²) in [5.41, 5.74) is 8.03. The highest BCUT2D eigenvalue weighted by Crippen LogP contribution is 2.13. The van der Waals surface area contributed by atoms with Crippen molar-refractivity contribution >= 4 is 29.6 Å². The Kier molecular flexibility index (Phi) is 17.9. The maximum atomic E-state index is 13.9. The molecule has 14 heteroatoms. The van der Waals surface area contributed by atoms with Crippen LogP contribution in [0.3, 0.4) is 0 Å². The van der Waals surface area contributed by atoms with Crippen molar-refractivity contribution in [2.24, 2.45) is 5.73 Å². The molecular weight excluding hydrogens is 666 g/mol. The Balaban J connectivity index is 1.70. The minimum atomic E-state index is -1.32. The lowest BCUT2D eigenvalue weighted by molar-refractivity contribution is -0.142. The molecule has 282 valence electrons. The van der Waals surface area contributed by atoms with E-state index >= 15 is 0 Å². The Bertz CT molecular complexity index is 1530. The average molecular weight is 720 g/mol. The van der Waals surface area contributed by atoms with Crippen molar-refractivity contribution in [2.75, 3.05) is 6.54 Å². The standard InChI is InChI=1S/C38H53N7O7/c1-2-3-4-5-9-15-34(47)41-20-11-10-14-31(43-35(48)30(39)23-28-24-40-25-42-28)36(49)44-32(21-26-12-7-6-8-13-26)37(50)45-33(38(51)52)22-27-16-18-29(46)19-17-27/h6-8,12-13,16-19,24-25,30-33,46H,2-5,9-11,14-15,20-23,39H2,1H3,(H,40,42)(H,41,47)(H,43,48)(H,44,49)(H,45,50)(H,51,52)/t30-,31-,32-,33-/m0/s1. The third-order valence-corrected chi connectivity index (χ3v) is 8.61. The number of hydrogen-bond acceptors (Lipinski definition) is 8. The molecule has 4 atom stereocenters. The summed E-state index contributed by atoms with van der Waals surface area (Å²) < 4.78 is 0. The molecule has 0 fully saturated rings. The summed E-state index contributed by atoms with van der Waals surface area (Å²) in [6.45, 7) is 2.55. The Morgan fingerprint density at radius 2 is 1.38 bits per heavy atom. The molecule has 1 aromatic heterocycles. The van der Waals surface area contributed by atoms with Gasteiger partial charge in [-0.25, -0.2) is 9.78 Å². The summed E-state index contributed by atoms with van der Waals surface area (Å²) in [4.78, 5) is 72.1. The summed E-state index contributed by atoms with van der Waals surface area (Å²) in [7, 11) is 0. The highest BCUT2D eigenvalue weighted by molar-refractivity contribution is 5.94. The molecule has 0 radical (unpaired) electrons. The number of unbranched alkanes of at least 4 members (excludes halogenated alkanes) is 5. The second-order valence-electron chi connectivity index (χ2n) is 13.0. The highest BCUT2D eigenvalue weighted by atomic mass is 16.4. The van der Waals surface area contributed by atoms with Gasteiger partial charge < -0.3 is 42.2 Å². The van der Waals surface area contributed by atoms with Crippen molar-refractivity contribution in [3.8, 4) is 5.75 Å². The average Bonchev–Trinajstić information content (AvgIpc) is 3.64. The second kappa shape index (κ2) is 22.6. The van der Waals surface area contributed by atoms with Crippen LogP contribution in [0.1, 0.15) is 81.5 Å². The van der Waals surface area contributed by atoms with Crippen molar-refractivity contribution in [1.29, 1.82) is 0 Å². The van der Waals surface area contributed by atoms with E-state index < -0.39 is 47.9 Å². The number of carboxylic acid groups (broad SMARTS) is 1.